The van der Waals surface area contributed by atoms with Gasteiger partial charge in [-0.25, -0.2) is 9.59 Å². The first-order chi connectivity index (χ1) is 25.0. The van der Waals surface area contributed by atoms with Gasteiger partial charge in [0.1, 0.15) is 11.5 Å². The number of carbonyl (C=O) groups excluding carboxylic acids is 3. The monoisotopic (exact) mass is 710 g/mol. The topological polar surface area (TPSA) is 193 Å². The molecule has 1 saturated carbocycles. The summed E-state index contributed by atoms with van der Waals surface area (Å²) in [6, 6.07) is 23.5. The maximum atomic E-state index is 13.9. The fraction of sp³-hybridized carbons (Fsp3) is 0.270. The number of nitro groups is 2. The van der Waals surface area contributed by atoms with E-state index in [0.717, 1.165) is 12.1 Å². The summed E-state index contributed by atoms with van der Waals surface area (Å²) in [5.41, 5.74) is -0.747. The van der Waals surface area contributed by atoms with Crippen LogP contribution in [-0.4, -0.2) is 54.0 Å². The molecule has 0 atom stereocenters. The van der Waals surface area contributed by atoms with E-state index in [-0.39, 0.29) is 66.2 Å². The van der Waals surface area contributed by atoms with Gasteiger partial charge in [0.25, 0.3) is 11.4 Å². The van der Waals surface area contributed by atoms with E-state index >= 15 is 0 Å². The smallest absolute Gasteiger partial charge is 0.343 e. The van der Waals surface area contributed by atoms with Crippen LogP contribution in [0.25, 0.3) is 0 Å². The summed E-state index contributed by atoms with van der Waals surface area (Å²) in [5.74, 6) is -1.06. The molecule has 0 radical (unpaired) electrons. The zero-order valence-corrected chi connectivity index (χ0v) is 27.3. The Kier molecular flexibility index (Phi) is 9.33. The molecule has 52 heavy (non-hydrogen) atoms. The largest absolute Gasteiger partial charge is 0.423 e. The molecule has 3 fully saturated rings. The number of non-ortho nitro benzene ring substituents is 2. The Morgan fingerprint density at radius 3 is 1.31 bits per heavy atom. The number of ketones is 1. The Bertz CT molecular complexity index is 1890. The predicted molar refractivity (Wildman–Crippen MR) is 177 cm³/mol. The number of carbonyl (C=O) groups is 3. The predicted octanol–water partition coefficient (Wildman–Crippen LogP) is 6.07. The molecule has 4 aromatic rings. The van der Waals surface area contributed by atoms with Crippen molar-refractivity contribution >= 4 is 29.1 Å². The molecule has 0 aromatic heterocycles. The number of esters is 2. The molecule has 7 rings (SSSR count). The van der Waals surface area contributed by atoms with Crippen LogP contribution in [0.1, 0.15) is 57.3 Å². The molecule has 15 heteroatoms. The lowest BCUT2D eigenvalue weighted by Crippen LogP contribution is -2.50. The second-order valence-electron chi connectivity index (χ2n) is 12.8. The molecule has 266 valence electrons. The molecule has 2 saturated heterocycles. The SMILES string of the molecule is O=C(Oc1ccc(C2OCC3(CCC4(COC(c5ccc(OC(=O)c6cccc([N+](=O)[O-])c6)cc5)OC4)C3=O)CO2)cc1)c1cccc([N+](=O)[O-])c1. The fourth-order valence-corrected chi connectivity index (χ4v) is 6.54. The number of nitrogens with zero attached hydrogens (tertiary/aromatic N) is 2. The van der Waals surface area contributed by atoms with Crippen LogP contribution in [0, 0.1) is 31.1 Å². The average molecular weight is 711 g/mol. The quantitative estimate of drug-likeness (QED) is 0.0886. The van der Waals surface area contributed by atoms with Crippen LogP contribution in [0.4, 0.5) is 11.4 Å². The summed E-state index contributed by atoms with van der Waals surface area (Å²) in [7, 11) is 0. The van der Waals surface area contributed by atoms with E-state index in [1.54, 1.807) is 48.5 Å². The highest BCUT2D eigenvalue weighted by Crippen LogP contribution is 2.52. The number of hydrogen-bond acceptors (Lipinski definition) is 13. The van der Waals surface area contributed by atoms with Crippen molar-refractivity contribution in [3.05, 3.63) is 140 Å². The van der Waals surface area contributed by atoms with Gasteiger partial charge < -0.3 is 28.4 Å². The summed E-state index contributed by atoms with van der Waals surface area (Å²) >= 11 is 0. The van der Waals surface area contributed by atoms with Gasteiger partial charge in [-0.1, -0.05) is 36.4 Å². The van der Waals surface area contributed by atoms with Crippen molar-refractivity contribution in [2.75, 3.05) is 26.4 Å². The molecule has 3 aliphatic rings. The molecular formula is C37H30N2O13. The Morgan fingerprint density at radius 2 is 0.962 bits per heavy atom. The number of benzene rings is 4. The van der Waals surface area contributed by atoms with Crippen molar-refractivity contribution in [3.63, 3.8) is 0 Å². The first-order valence-corrected chi connectivity index (χ1v) is 16.2. The highest BCUT2D eigenvalue weighted by Gasteiger charge is 2.60. The second kappa shape index (κ2) is 14.0. The first-order valence-electron chi connectivity index (χ1n) is 16.2. The number of hydrogen-bond donors (Lipinski definition) is 0. The zero-order chi connectivity index (χ0) is 36.5. The van der Waals surface area contributed by atoms with Gasteiger partial charge in [0.2, 0.25) is 0 Å². The molecule has 4 aromatic carbocycles. The number of ether oxygens (including phenoxy) is 6. The van der Waals surface area contributed by atoms with Crippen LogP contribution in [0.5, 0.6) is 11.5 Å². The summed E-state index contributed by atoms with van der Waals surface area (Å²) in [6.45, 7) is 0.562. The summed E-state index contributed by atoms with van der Waals surface area (Å²) in [4.78, 5) is 59.8. The highest BCUT2D eigenvalue weighted by atomic mass is 16.7. The van der Waals surface area contributed by atoms with E-state index < -0.39 is 45.2 Å². The van der Waals surface area contributed by atoms with Crippen molar-refractivity contribution in [1.29, 1.82) is 0 Å². The van der Waals surface area contributed by atoms with Gasteiger partial charge in [-0.05, 0) is 49.2 Å². The Labute approximate surface area is 295 Å². The van der Waals surface area contributed by atoms with Crippen molar-refractivity contribution in [3.8, 4) is 11.5 Å². The van der Waals surface area contributed by atoms with Gasteiger partial charge in [-0.15, -0.1) is 0 Å². The molecule has 2 heterocycles. The van der Waals surface area contributed by atoms with Gasteiger partial charge in [-0.3, -0.25) is 25.0 Å². The van der Waals surface area contributed by atoms with Crippen molar-refractivity contribution in [2.45, 2.75) is 25.4 Å². The Balaban J connectivity index is 0.903. The number of rotatable bonds is 8. The van der Waals surface area contributed by atoms with Crippen LogP contribution in [0.15, 0.2) is 97.1 Å². The number of nitro benzene ring substituents is 2. The minimum Gasteiger partial charge on any atom is -0.423 e. The maximum absolute atomic E-state index is 13.9. The van der Waals surface area contributed by atoms with Gasteiger partial charge in [0.05, 0.1) is 58.2 Å². The van der Waals surface area contributed by atoms with E-state index in [9.17, 15) is 34.6 Å². The summed E-state index contributed by atoms with van der Waals surface area (Å²) in [6.07, 6.45) is -0.415. The molecule has 0 amide bonds. The van der Waals surface area contributed by atoms with E-state index in [2.05, 4.69) is 0 Å². The van der Waals surface area contributed by atoms with Gasteiger partial charge >= 0.3 is 11.9 Å². The van der Waals surface area contributed by atoms with Crippen molar-refractivity contribution in [1.82, 2.24) is 0 Å². The first kappa shape index (κ1) is 34.6. The summed E-state index contributed by atoms with van der Waals surface area (Å²) in [5, 5.41) is 22.0. The molecular weight excluding hydrogens is 680 g/mol. The lowest BCUT2D eigenvalue weighted by Gasteiger charge is -2.40. The normalized spacial score (nSPS) is 24.0. The average Bonchev–Trinajstić information content (AvgIpc) is 3.42. The van der Waals surface area contributed by atoms with E-state index in [4.69, 9.17) is 28.4 Å². The molecule has 2 spiro atoms. The van der Waals surface area contributed by atoms with E-state index in [1.165, 1.54) is 36.4 Å². The lowest BCUT2D eigenvalue weighted by atomic mass is 9.78. The van der Waals surface area contributed by atoms with Gasteiger partial charge in [0.15, 0.2) is 18.4 Å². The summed E-state index contributed by atoms with van der Waals surface area (Å²) < 4.78 is 34.9. The van der Waals surface area contributed by atoms with Crippen LogP contribution in [0.3, 0.4) is 0 Å². The van der Waals surface area contributed by atoms with Crippen molar-refractivity contribution in [2.24, 2.45) is 10.8 Å². The third-order valence-electron chi connectivity index (χ3n) is 9.40. The number of Topliss-reactive ketones (excluding diaryl/α,β-unsaturated/α-hetero) is 1. The van der Waals surface area contributed by atoms with Gasteiger partial charge in [-0.2, -0.15) is 0 Å². The van der Waals surface area contributed by atoms with E-state index in [0.29, 0.717) is 24.0 Å². The third kappa shape index (κ3) is 6.89. The lowest BCUT2D eigenvalue weighted by molar-refractivity contribution is -0.385. The van der Waals surface area contributed by atoms with Crippen LogP contribution in [0.2, 0.25) is 0 Å². The fourth-order valence-electron chi connectivity index (χ4n) is 6.54. The van der Waals surface area contributed by atoms with Crippen LogP contribution in [-0.2, 0) is 23.7 Å². The Hall–Kier alpha value is -5.87. The van der Waals surface area contributed by atoms with Gasteiger partial charge in [0, 0.05) is 35.4 Å². The molecule has 0 bridgehead atoms. The standard InChI is InChI=1S/C37H30N2O13/c40-31(25-3-1-5-27(17-25)38(43)44)51-29-11-7-23(8-12-29)33-47-19-36(20-48-33)15-16-37(35(36)42)21-49-34(50-22-37)24-9-13-30(14-10-24)52-32(41)26-4-2-6-28(18-26)39(45)46/h1-14,17-18,33-34H,15-16,19-22H2. The Morgan fingerprint density at radius 1 is 0.596 bits per heavy atom. The van der Waals surface area contributed by atoms with Crippen LogP contribution >= 0.6 is 0 Å². The minimum atomic E-state index is -0.853. The maximum Gasteiger partial charge on any atom is 0.343 e. The highest BCUT2D eigenvalue weighted by molar-refractivity contribution is 5.94. The molecule has 0 N–H and O–H groups in total. The molecule has 2 aliphatic heterocycles. The van der Waals surface area contributed by atoms with Crippen molar-refractivity contribution < 1.29 is 52.7 Å². The second-order valence-corrected chi connectivity index (χ2v) is 12.8. The van der Waals surface area contributed by atoms with Crippen LogP contribution < -0.4 is 9.47 Å². The molecule has 0 unspecified atom stereocenters. The minimum absolute atomic E-state index is 0.0382. The van der Waals surface area contributed by atoms with E-state index in [1.807, 2.05) is 0 Å². The molecule has 1 aliphatic carbocycles. The third-order valence-corrected chi connectivity index (χ3v) is 9.40. The molecule has 15 nitrogen and oxygen atoms in total. The zero-order valence-electron chi connectivity index (χ0n) is 27.3.